The van der Waals surface area contributed by atoms with Gasteiger partial charge in [-0.25, -0.2) is 0 Å². The average Bonchev–Trinajstić information content (AvgIpc) is 1.71. The van der Waals surface area contributed by atoms with Crippen LogP contribution in [0, 0.1) is 0 Å². The molecule has 0 spiro atoms. The number of nitrogens with one attached hydrogen (secondary N) is 7. The Bertz CT molecular complexity index is 6120. The van der Waals surface area contributed by atoms with Gasteiger partial charge in [-0.3, -0.25) is 25.5 Å². The summed E-state index contributed by atoms with van der Waals surface area (Å²) in [5.74, 6) is 1.76. The van der Waals surface area contributed by atoms with Crippen molar-refractivity contribution < 1.29 is 17.6 Å². The number of benzene rings is 6. The van der Waals surface area contributed by atoms with Crippen LogP contribution in [0.3, 0.4) is 0 Å². The highest BCUT2D eigenvalue weighted by atomic mass is 79.9. The van der Waals surface area contributed by atoms with Crippen molar-refractivity contribution in [3.63, 3.8) is 0 Å². The quantitative estimate of drug-likeness (QED) is 0.0746. The molecule has 11 aromatic heterocycles. The molecule has 26 heteroatoms. The monoisotopic (exact) mass is 1640 g/mol. The molecule has 0 radical (unpaired) electrons. The maximum absolute atomic E-state index is 12.7. The number of hydrogen-bond acceptors (Lipinski definition) is 13. The summed E-state index contributed by atoms with van der Waals surface area (Å²) in [6, 6.07) is 53.1. The second-order valence-electron chi connectivity index (χ2n) is 25.6. The van der Waals surface area contributed by atoms with Gasteiger partial charge in [-0.1, -0.05) is 123 Å². The molecule has 528 valence electrons. The van der Waals surface area contributed by atoms with Gasteiger partial charge in [0.1, 0.15) is 0 Å². The Morgan fingerprint density at radius 3 is 1.18 bits per heavy atom. The minimum atomic E-state index is -4.31. The number of rotatable bonds is 9. The Hall–Kier alpha value is -9.82. The molecule has 0 bridgehead atoms. The van der Waals surface area contributed by atoms with Gasteiger partial charge in [0, 0.05) is 154 Å². The number of alkyl halides is 3. The summed E-state index contributed by atoms with van der Waals surface area (Å²) >= 11 is 36.7. The Kier molecular flexibility index (Phi) is 18.5. The third-order valence-electron chi connectivity index (χ3n) is 19.2. The molecule has 5 aliphatic rings. The lowest BCUT2D eigenvalue weighted by Crippen LogP contribution is -2.03. The molecule has 13 nitrogen and oxygen atoms in total. The molecule has 0 fully saturated rings. The van der Waals surface area contributed by atoms with Crippen LogP contribution in [0.4, 0.5) is 36.2 Å². The van der Waals surface area contributed by atoms with E-state index >= 15 is 0 Å². The van der Waals surface area contributed by atoms with Crippen molar-refractivity contribution >= 4 is 142 Å². The number of thiophene rings is 5. The lowest BCUT2D eigenvalue weighted by atomic mass is 10.00. The minimum absolute atomic E-state index is 0.585. The molecule has 0 saturated heterocycles. The third-order valence-corrected chi connectivity index (χ3v) is 25.4. The first-order chi connectivity index (χ1) is 52.2. The Labute approximate surface area is 657 Å². The van der Waals surface area contributed by atoms with E-state index in [4.69, 9.17) is 50.8 Å². The minimum Gasteiger partial charge on any atom is -0.472 e. The SMILES string of the molecule is Brc1ccc(Nc2n[nH]c3c2Cc2sccc2-3)cc1.Clc1cc(Cl)cc(-c2ccc(-c3n[nH]c4c3Cc3sccc3-4)cc2)c1.Clc1ccc(Nc2n[nH]c3c2Cc2sccc2-3)c(Cl)c1.FC(F)(F)c1ccc(-c2ccc(-c3n[nH]c4c3Cc3sccc3-4)cc2)cc1.c1cc(-c2n[nH]c3c2Cc2sccc2-3)co1. The molecule has 107 heavy (non-hydrogen) atoms. The highest BCUT2D eigenvalue weighted by Gasteiger charge is 2.33. The van der Waals surface area contributed by atoms with Gasteiger partial charge in [-0.05, 0) is 158 Å². The number of nitrogens with zero attached hydrogens (tertiary/aromatic N) is 5. The largest absolute Gasteiger partial charge is 0.472 e. The van der Waals surface area contributed by atoms with Crippen molar-refractivity contribution in [2.24, 2.45) is 0 Å². The predicted molar refractivity (Wildman–Crippen MR) is 435 cm³/mol. The highest BCUT2D eigenvalue weighted by Crippen LogP contribution is 2.48. The number of fused-ring (bicyclic) bond motifs is 15. The smallest absolute Gasteiger partial charge is 0.416 e. The number of halogens is 8. The van der Waals surface area contributed by atoms with E-state index in [-0.39, 0.29) is 0 Å². The molecule has 0 aliphatic heterocycles. The van der Waals surface area contributed by atoms with Crippen molar-refractivity contribution in [1.29, 1.82) is 0 Å². The Balaban J connectivity index is 0.0000000956. The summed E-state index contributed by atoms with van der Waals surface area (Å²) in [6.07, 6.45) is 3.81. The van der Waals surface area contributed by atoms with Crippen LogP contribution < -0.4 is 10.6 Å². The van der Waals surface area contributed by atoms with E-state index in [1.807, 2.05) is 95.5 Å². The zero-order chi connectivity index (χ0) is 72.6. The second kappa shape index (κ2) is 28.7. The second-order valence-corrected chi connectivity index (χ2v) is 33.2. The fraction of sp³-hybridized carbons (Fsp3) is 0.0741. The maximum atomic E-state index is 12.7. The molecule has 0 atom stereocenters. The maximum Gasteiger partial charge on any atom is 0.416 e. The topological polar surface area (TPSA) is 181 Å². The van der Waals surface area contributed by atoms with E-state index in [2.05, 4.69) is 159 Å². The number of hydrogen-bond donors (Lipinski definition) is 7. The van der Waals surface area contributed by atoms with Gasteiger partial charge in [0.2, 0.25) is 0 Å². The first-order valence-corrected chi connectivity index (χ1v) is 40.2. The van der Waals surface area contributed by atoms with Crippen LogP contribution >= 0.6 is 119 Å². The molecule has 0 amide bonds. The fourth-order valence-electron chi connectivity index (χ4n) is 14.0. The lowest BCUT2D eigenvalue weighted by molar-refractivity contribution is -0.137. The van der Waals surface area contributed by atoms with Crippen LogP contribution in [0.5, 0.6) is 0 Å². The normalized spacial score (nSPS) is 12.5. The average molecular weight is 1650 g/mol. The first kappa shape index (κ1) is 69.0. The van der Waals surface area contributed by atoms with Crippen LogP contribution in [-0.4, -0.2) is 51.0 Å². The fourth-order valence-corrected chi connectivity index (χ4v) is 19.7. The van der Waals surface area contributed by atoms with Crippen molar-refractivity contribution in [2.75, 3.05) is 10.6 Å². The number of furan rings is 1. The molecule has 5 aliphatic carbocycles. The van der Waals surface area contributed by atoms with E-state index in [1.54, 1.807) is 64.7 Å². The van der Waals surface area contributed by atoms with E-state index in [1.165, 1.54) is 97.8 Å². The van der Waals surface area contributed by atoms with Crippen LogP contribution in [0.15, 0.2) is 218 Å². The summed E-state index contributed by atoms with van der Waals surface area (Å²) in [5.41, 5.74) is 29.4. The van der Waals surface area contributed by atoms with E-state index < -0.39 is 11.7 Å². The molecule has 22 rings (SSSR count). The van der Waals surface area contributed by atoms with Gasteiger partial charge < -0.3 is 15.1 Å². The van der Waals surface area contributed by atoms with E-state index in [0.29, 0.717) is 20.1 Å². The Morgan fingerprint density at radius 2 is 0.757 bits per heavy atom. The summed E-state index contributed by atoms with van der Waals surface area (Å²) in [4.78, 5) is 6.98. The predicted octanol–water partition coefficient (Wildman–Crippen LogP) is 26.0. The van der Waals surface area contributed by atoms with E-state index in [9.17, 15) is 13.2 Å². The van der Waals surface area contributed by atoms with Crippen LogP contribution in [-0.2, 0) is 38.3 Å². The zero-order valence-electron chi connectivity index (χ0n) is 55.5. The first-order valence-electron chi connectivity index (χ1n) is 33.5. The van der Waals surface area contributed by atoms with Crippen molar-refractivity contribution in [3.05, 3.63) is 292 Å². The number of aromatic nitrogens is 10. The highest BCUT2D eigenvalue weighted by molar-refractivity contribution is 9.10. The molecule has 7 N–H and O–H groups in total. The summed E-state index contributed by atoms with van der Waals surface area (Å²) < 4.78 is 44.3. The van der Waals surface area contributed by atoms with Gasteiger partial charge in [0.25, 0.3) is 0 Å². The Morgan fingerprint density at radius 1 is 0.374 bits per heavy atom. The zero-order valence-corrected chi connectivity index (χ0v) is 64.1. The molecule has 11 heterocycles. The van der Waals surface area contributed by atoms with Crippen molar-refractivity contribution in [1.82, 2.24) is 51.0 Å². The van der Waals surface area contributed by atoms with Crippen LogP contribution in [0.25, 0.3) is 112 Å². The van der Waals surface area contributed by atoms with Crippen LogP contribution in [0.2, 0.25) is 20.1 Å². The van der Waals surface area contributed by atoms with Gasteiger partial charge in [-0.15, -0.1) is 56.7 Å². The summed E-state index contributed by atoms with van der Waals surface area (Å²) in [7, 11) is 0. The van der Waals surface area contributed by atoms with Crippen molar-refractivity contribution in [2.45, 2.75) is 38.3 Å². The summed E-state index contributed by atoms with van der Waals surface area (Å²) in [6.45, 7) is 0. The molecule has 0 unspecified atom stereocenters. The van der Waals surface area contributed by atoms with Crippen molar-refractivity contribution in [3.8, 4) is 112 Å². The molecular weight excluding hydrogens is 1600 g/mol. The molecule has 0 saturated carbocycles. The van der Waals surface area contributed by atoms with Crippen LogP contribution in [0.1, 0.15) is 57.8 Å². The van der Waals surface area contributed by atoms with Gasteiger partial charge in [-0.2, -0.15) is 38.7 Å². The van der Waals surface area contributed by atoms with Gasteiger partial charge >= 0.3 is 6.18 Å². The van der Waals surface area contributed by atoms with E-state index in [0.717, 1.165) is 151 Å². The summed E-state index contributed by atoms with van der Waals surface area (Å²) in [5, 5.41) is 57.6. The molecule has 17 aromatic rings. The number of H-pyrrole nitrogens is 5. The van der Waals surface area contributed by atoms with Gasteiger partial charge in [0.15, 0.2) is 11.6 Å². The third kappa shape index (κ3) is 13.5. The molecular formula is C81H52BrCl4F3N12OS5. The number of anilines is 4. The molecule has 6 aromatic carbocycles. The van der Waals surface area contributed by atoms with Gasteiger partial charge in [0.05, 0.1) is 74.4 Å². The standard InChI is InChI=1S/C21H13F3N2S.C20H12Cl2N2S.C14H10BrN3S.C14H9Cl2N3S.C12H8N2OS/c22-21(23,24)15-7-5-13(6-8-15)12-1-3-14(4-2-12)19-17-11-18-16(9-10-27-18)20(17)26-25-19;21-14-7-13(8-15(22)9-14)11-1-3-12(4-2-11)19-17-10-18-16(5-6-25-18)20(17)24-23-19;15-8-1-3-9(4-2-8)16-14-11-7-12-10(5-6-19-12)13(11)17-18-14;15-7-1-2-11(10(16)5-7)17-14-9-6-12-8(3-4-20-12)13(9)18-19-14;1-3-15-6-7(1)11-9-5-10-8(2-4-16-10)12(9)14-13-11/h1-10H,11H2,(H,25,26);1-9H,10H2,(H,23,24);1-6H,7H2,(H2,16,17,18);1-5H,6H2,(H2,17,18,19);1-4,6H,5H2,(H,13,14). The number of aromatic amines is 5. The lowest BCUT2D eigenvalue weighted by Gasteiger charge is -2.08.